The van der Waals surface area contributed by atoms with Crippen molar-refractivity contribution in [2.45, 2.75) is 19.9 Å². The van der Waals surface area contributed by atoms with Crippen molar-refractivity contribution in [2.24, 2.45) is 0 Å². The van der Waals surface area contributed by atoms with Gasteiger partial charge in [0.25, 0.3) is 5.91 Å². The molecule has 1 aromatic heterocycles. The standard InChI is InChI=1S/C13H14ClNO3/c1-7(6-16)15-13(17)11-8(2)9-4-3-5-10(14)12(9)18-11/h3-5,7,16H,6H2,1-2H3,(H,15,17). The van der Waals surface area contributed by atoms with Crippen LogP contribution in [0.2, 0.25) is 5.02 Å². The number of rotatable bonds is 3. The zero-order chi connectivity index (χ0) is 13.3. The normalized spacial score (nSPS) is 12.7. The van der Waals surface area contributed by atoms with E-state index in [4.69, 9.17) is 21.1 Å². The molecule has 96 valence electrons. The second kappa shape index (κ2) is 5.00. The Morgan fingerprint density at radius 2 is 2.28 bits per heavy atom. The van der Waals surface area contributed by atoms with E-state index >= 15 is 0 Å². The van der Waals surface area contributed by atoms with Crippen molar-refractivity contribution in [3.63, 3.8) is 0 Å². The molecule has 0 radical (unpaired) electrons. The van der Waals surface area contributed by atoms with Gasteiger partial charge in [-0.25, -0.2) is 0 Å². The lowest BCUT2D eigenvalue weighted by molar-refractivity contribution is 0.0895. The summed E-state index contributed by atoms with van der Waals surface area (Å²) in [6.45, 7) is 3.40. The Morgan fingerprint density at radius 1 is 1.56 bits per heavy atom. The van der Waals surface area contributed by atoms with Gasteiger partial charge in [0.2, 0.25) is 0 Å². The SMILES string of the molecule is Cc1c(C(=O)NC(C)CO)oc2c(Cl)cccc12. The Labute approximate surface area is 110 Å². The first-order valence-electron chi connectivity index (χ1n) is 5.64. The van der Waals surface area contributed by atoms with Crippen molar-refractivity contribution in [3.8, 4) is 0 Å². The number of aliphatic hydroxyl groups excluding tert-OH is 1. The molecule has 0 bridgehead atoms. The van der Waals surface area contributed by atoms with Crippen LogP contribution < -0.4 is 5.32 Å². The Balaban J connectivity index is 2.43. The summed E-state index contributed by atoms with van der Waals surface area (Å²) in [6, 6.07) is 5.06. The van der Waals surface area contributed by atoms with Gasteiger partial charge in [-0.3, -0.25) is 4.79 Å². The van der Waals surface area contributed by atoms with Gasteiger partial charge in [0.05, 0.1) is 11.6 Å². The number of aryl methyl sites for hydroxylation is 1. The quantitative estimate of drug-likeness (QED) is 0.898. The van der Waals surface area contributed by atoms with E-state index in [0.717, 1.165) is 10.9 Å². The fraction of sp³-hybridized carbons (Fsp3) is 0.308. The zero-order valence-electron chi connectivity index (χ0n) is 10.2. The van der Waals surface area contributed by atoms with E-state index in [1.807, 2.05) is 12.1 Å². The van der Waals surface area contributed by atoms with Gasteiger partial charge in [-0.05, 0) is 19.9 Å². The summed E-state index contributed by atoms with van der Waals surface area (Å²) in [4.78, 5) is 12.0. The van der Waals surface area contributed by atoms with Crippen LogP contribution >= 0.6 is 11.6 Å². The monoisotopic (exact) mass is 267 g/mol. The summed E-state index contributed by atoms with van der Waals surface area (Å²) in [5.74, 6) is -0.111. The predicted molar refractivity (Wildman–Crippen MR) is 70.0 cm³/mol. The van der Waals surface area contributed by atoms with Crippen LogP contribution in [0.5, 0.6) is 0 Å². The van der Waals surface area contributed by atoms with Crippen molar-refractivity contribution in [2.75, 3.05) is 6.61 Å². The second-order valence-corrected chi connectivity index (χ2v) is 4.64. The van der Waals surface area contributed by atoms with E-state index in [9.17, 15) is 4.79 Å². The molecule has 0 aliphatic heterocycles. The number of carbonyl (C=O) groups excluding carboxylic acids is 1. The molecule has 0 saturated carbocycles. The fourth-order valence-electron chi connectivity index (χ4n) is 1.76. The third kappa shape index (κ3) is 2.21. The fourth-order valence-corrected chi connectivity index (χ4v) is 1.97. The molecule has 1 atom stereocenters. The van der Waals surface area contributed by atoms with Gasteiger partial charge in [-0.15, -0.1) is 0 Å². The van der Waals surface area contributed by atoms with Gasteiger partial charge < -0.3 is 14.8 Å². The molecule has 1 heterocycles. The summed E-state index contributed by atoms with van der Waals surface area (Å²) in [5, 5.41) is 12.9. The van der Waals surface area contributed by atoms with Gasteiger partial charge in [0.1, 0.15) is 0 Å². The van der Waals surface area contributed by atoms with Gasteiger partial charge in [0.15, 0.2) is 11.3 Å². The Morgan fingerprint density at radius 3 is 2.89 bits per heavy atom. The van der Waals surface area contributed by atoms with Crippen LogP contribution in [0.1, 0.15) is 23.0 Å². The summed E-state index contributed by atoms with van der Waals surface area (Å²) in [6.07, 6.45) is 0. The first-order chi connectivity index (χ1) is 8.54. The molecule has 4 nitrogen and oxygen atoms in total. The highest BCUT2D eigenvalue weighted by molar-refractivity contribution is 6.35. The molecule has 0 aliphatic carbocycles. The topological polar surface area (TPSA) is 62.5 Å². The molecule has 1 unspecified atom stereocenters. The average molecular weight is 268 g/mol. The molecule has 0 spiro atoms. The van der Waals surface area contributed by atoms with Crippen LogP contribution in [0, 0.1) is 6.92 Å². The van der Waals surface area contributed by atoms with Gasteiger partial charge in [-0.2, -0.15) is 0 Å². The number of hydrogen-bond donors (Lipinski definition) is 2. The van der Waals surface area contributed by atoms with Crippen molar-refractivity contribution in [1.82, 2.24) is 5.32 Å². The molecule has 0 aliphatic rings. The molecule has 1 aromatic carbocycles. The van der Waals surface area contributed by atoms with E-state index in [1.54, 1.807) is 19.9 Å². The largest absolute Gasteiger partial charge is 0.449 e. The van der Waals surface area contributed by atoms with Gasteiger partial charge in [0, 0.05) is 17.0 Å². The van der Waals surface area contributed by atoms with Crippen molar-refractivity contribution >= 4 is 28.5 Å². The highest BCUT2D eigenvalue weighted by Crippen LogP contribution is 2.30. The third-order valence-corrected chi connectivity index (χ3v) is 3.07. The molecule has 18 heavy (non-hydrogen) atoms. The minimum atomic E-state index is -0.346. The maximum atomic E-state index is 12.0. The number of carbonyl (C=O) groups is 1. The van der Waals surface area contributed by atoms with Crippen LogP contribution in [-0.2, 0) is 0 Å². The van der Waals surface area contributed by atoms with E-state index in [0.29, 0.717) is 10.6 Å². The predicted octanol–water partition coefficient (Wildman–Crippen LogP) is 2.51. The summed E-state index contributed by atoms with van der Waals surface area (Å²) < 4.78 is 5.51. The minimum Gasteiger partial charge on any atom is -0.449 e. The number of nitrogens with one attached hydrogen (secondary N) is 1. The summed E-state index contributed by atoms with van der Waals surface area (Å²) in [5.41, 5.74) is 1.26. The first kappa shape index (κ1) is 12.9. The highest BCUT2D eigenvalue weighted by Gasteiger charge is 2.19. The number of aliphatic hydroxyl groups is 1. The molecule has 5 heteroatoms. The van der Waals surface area contributed by atoms with Crippen LogP contribution in [0.25, 0.3) is 11.0 Å². The maximum Gasteiger partial charge on any atom is 0.287 e. The van der Waals surface area contributed by atoms with Gasteiger partial charge in [-0.1, -0.05) is 23.7 Å². The number of fused-ring (bicyclic) bond motifs is 1. The molecule has 0 fully saturated rings. The molecular formula is C13H14ClNO3. The van der Waals surface area contributed by atoms with Crippen LogP contribution in [0.15, 0.2) is 22.6 Å². The molecular weight excluding hydrogens is 254 g/mol. The van der Waals surface area contributed by atoms with Crippen LogP contribution in [0.3, 0.4) is 0 Å². The van der Waals surface area contributed by atoms with E-state index in [-0.39, 0.29) is 24.3 Å². The zero-order valence-corrected chi connectivity index (χ0v) is 10.9. The smallest absolute Gasteiger partial charge is 0.287 e. The summed E-state index contributed by atoms with van der Waals surface area (Å²) in [7, 11) is 0. The third-order valence-electron chi connectivity index (χ3n) is 2.77. The van der Waals surface area contributed by atoms with Gasteiger partial charge >= 0.3 is 0 Å². The maximum absolute atomic E-state index is 12.0. The molecule has 0 saturated heterocycles. The number of amides is 1. The Hall–Kier alpha value is -1.52. The Bertz CT molecular complexity index is 591. The number of furan rings is 1. The van der Waals surface area contributed by atoms with Crippen molar-refractivity contribution in [1.29, 1.82) is 0 Å². The first-order valence-corrected chi connectivity index (χ1v) is 6.01. The van der Waals surface area contributed by atoms with Crippen molar-refractivity contribution in [3.05, 3.63) is 34.5 Å². The lowest BCUT2D eigenvalue weighted by atomic mass is 10.1. The van der Waals surface area contributed by atoms with E-state index in [2.05, 4.69) is 5.32 Å². The lowest BCUT2D eigenvalue weighted by Crippen LogP contribution is -2.35. The van der Waals surface area contributed by atoms with Crippen LogP contribution in [-0.4, -0.2) is 23.7 Å². The minimum absolute atomic E-state index is 0.119. The molecule has 2 rings (SSSR count). The van der Waals surface area contributed by atoms with Crippen molar-refractivity contribution < 1.29 is 14.3 Å². The number of halogens is 1. The average Bonchev–Trinajstić information content (AvgIpc) is 2.69. The second-order valence-electron chi connectivity index (χ2n) is 4.23. The molecule has 2 N–H and O–H groups in total. The number of para-hydroxylation sites is 1. The highest BCUT2D eigenvalue weighted by atomic mass is 35.5. The number of hydrogen-bond acceptors (Lipinski definition) is 3. The van der Waals surface area contributed by atoms with Crippen LogP contribution in [0.4, 0.5) is 0 Å². The van der Waals surface area contributed by atoms with E-state index < -0.39 is 0 Å². The Kier molecular flexibility index (Phi) is 3.59. The number of benzene rings is 1. The van der Waals surface area contributed by atoms with E-state index in [1.165, 1.54) is 0 Å². The molecule has 2 aromatic rings. The lowest BCUT2D eigenvalue weighted by Gasteiger charge is -2.09. The molecule has 1 amide bonds. The summed E-state index contributed by atoms with van der Waals surface area (Å²) >= 11 is 6.01.